The number of ketones is 1. The molecule has 0 amide bonds. The van der Waals surface area contributed by atoms with Gasteiger partial charge in [-0.05, 0) is 40.6 Å². The molecule has 0 aliphatic heterocycles. The van der Waals surface area contributed by atoms with Gasteiger partial charge in [-0.25, -0.2) is 4.39 Å². The zero-order valence-electron chi connectivity index (χ0n) is 12.9. The van der Waals surface area contributed by atoms with Crippen LogP contribution in [0.3, 0.4) is 0 Å². The summed E-state index contributed by atoms with van der Waals surface area (Å²) in [5.74, 6) is -0.802. The van der Waals surface area contributed by atoms with Gasteiger partial charge in [0.2, 0.25) is 0 Å². The van der Waals surface area contributed by atoms with E-state index in [9.17, 15) is 14.3 Å². The van der Waals surface area contributed by atoms with Crippen molar-refractivity contribution in [1.82, 2.24) is 0 Å². The second kappa shape index (κ2) is 6.71. The van der Waals surface area contributed by atoms with Crippen LogP contribution in [0.5, 0.6) is 0 Å². The highest BCUT2D eigenvalue weighted by atomic mass is 35.5. The van der Waals surface area contributed by atoms with E-state index in [2.05, 4.69) is 0 Å². The monoisotopic (exact) mass is 342 g/mol. The third-order valence-corrected chi connectivity index (χ3v) is 4.36. The van der Waals surface area contributed by atoms with E-state index in [4.69, 9.17) is 11.6 Å². The van der Waals surface area contributed by atoms with Crippen LogP contribution in [0.1, 0.15) is 22.3 Å². The zero-order valence-corrected chi connectivity index (χ0v) is 13.6. The Morgan fingerprint density at radius 1 is 1.00 bits per heavy atom. The molecule has 24 heavy (non-hydrogen) atoms. The molecule has 0 fully saturated rings. The maximum Gasteiger partial charge on any atom is 0.198 e. The number of alkyl halides is 1. The van der Waals surface area contributed by atoms with Gasteiger partial charge in [-0.15, -0.1) is 11.6 Å². The Balaban J connectivity index is 2.16. The Bertz CT molecular complexity index is 871. The van der Waals surface area contributed by atoms with Crippen LogP contribution in [0.4, 0.5) is 4.39 Å². The fourth-order valence-electron chi connectivity index (χ4n) is 2.93. The van der Waals surface area contributed by atoms with Crippen LogP contribution < -0.4 is 0 Å². The van der Waals surface area contributed by atoms with Gasteiger partial charge >= 0.3 is 0 Å². The molecule has 1 N–H and O–H groups in total. The Labute approximate surface area is 144 Å². The maximum atomic E-state index is 13.1. The van der Waals surface area contributed by atoms with E-state index < -0.39 is 17.2 Å². The van der Waals surface area contributed by atoms with Gasteiger partial charge in [-0.2, -0.15) is 0 Å². The first-order valence-corrected chi connectivity index (χ1v) is 8.16. The highest BCUT2D eigenvalue weighted by Crippen LogP contribution is 2.34. The van der Waals surface area contributed by atoms with Gasteiger partial charge in [-0.1, -0.05) is 42.5 Å². The van der Waals surface area contributed by atoms with Crippen molar-refractivity contribution < 1.29 is 14.3 Å². The minimum atomic E-state index is -1.76. The number of halogens is 2. The van der Waals surface area contributed by atoms with Gasteiger partial charge < -0.3 is 5.11 Å². The molecular weight excluding hydrogens is 327 g/mol. The van der Waals surface area contributed by atoms with Gasteiger partial charge in [-0.3, -0.25) is 4.79 Å². The molecule has 0 aromatic heterocycles. The van der Waals surface area contributed by atoms with Crippen molar-refractivity contribution in [3.8, 4) is 0 Å². The van der Waals surface area contributed by atoms with Crippen LogP contribution in [-0.2, 0) is 5.60 Å². The standard InChI is InChI=1S/C20H16ClFO2/c21-13-12-20(24,19(23)15-8-10-16(22)11-9-15)18-7-3-5-14-4-1-2-6-17(14)18/h1-11,24H,12-13H2. The number of benzene rings is 3. The smallest absolute Gasteiger partial charge is 0.198 e. The van der Waals surface area contributed by atoms with Gasteiger partial charge in [0.25, 0.3) is 0 Å². The first kappa shape index (κ1) is 16.6. The van der Waals surface area contributed by atoms with E-state index in [1.54, 1.807) is 12.1 Å². The average Bonchev–Trinajstić information content (AvgIpc) is 2.61. The number of aliphatic hydroxyl groups is 1. The average molecular weight is 343 g/mol. The lowest BCUT2D eigenvalue weighted by atomic mass is 9.81. The summed E-state index contributed by atoms with van der Waals surface area (Å²) >= 11 is 5.87. The van der Waals surface area contributed by atoms with Crippen molar-refractivity contribution in [1.29, 1.82) is 0 Å². The summed E-state index contributed by atoms with van der Waals surface area (Å²) in [6.45, 7) is 0. The lowest BCUT2D eigenvalue weighted by Gasteiger charge is -2.28. The van der Waals surface area contributed by atoms with E-state index in [1.165, 1.54) is 24.3 Å². The largest absolute Gasteiger partial charge is 0.377 e. The van der Waals surface area contributed by atoms with Crippen molar-refractivity contribution in [2.45, 2.75) is 12.0 Å². The van der Waals surface area contributed by atoms with Gasteiger partial charge in [0, 0.05) is 17.9 Å². The van der Waals surface area contributed by atoms with Crippen molar-refractivity contribution in [2.75, 3.05) is 5.88 Å². The molecule has 0 aliphatic carbocycles. The highest BCUT2D eigenvalue weighted by molar-refractivity contribution is 6.18. The van der Waals surface area contributed by atoms with Gasteiger partial charge in [0.1, 0.15) is 5.82 Å². The highest BCUT2D eigenvalue weighted by Gasteiger charge is 2.38. The number of carbonyl (C=O) groups excluding carboxylic acids is 1. The Hall–Kier alpha value is -2.23. The van der Waals surface area contributed by atoms with E-state index in [0.717, 1.165) is 10.8 Å². The first-order valence-electron chi connectivity index (χ1n) is 7.63. The molecule has 3 aromatic rings. The lowest BCUT2D eigenvalue weighted by Crippen LogP contribution is -2.36. The lowest BCUT2D eigenvalue weighted by molar-refractivity contribution is 0.0289. The van der Waals surface area contributed by atoms with Crippen molar-refractivity contribution in [2.24, 2.45) is 0 Å². The molecule has 3 rings (SSSR count). The van der Waals surface area contributed by atoms with E-state index in [-0.39, 0.29) is 17.9 Å². The van der Waals surface area contributed by atoms with Gasteiger partial charge in [0.15, 0.2) is 11.4 Å². The topological polar surface area (TPSA) is 37.3 Å². The van der Waals surface area contributed by atoms with E-state index in [1.807, 2.05) is 30.3 Å². The summed E-state index contributed by atoms with van der Waals surface area (Å²) in [6.07, 6.45) is 0.0682. The van der Waals surface area contributed by atoms with Crippen LogP contribution in [0.25, 0.3) is 10.8 Å². The molecule has 0 bridgehead atoms. The molecule has 1 unspecified atom stereocenters. The molecule has 0 saturated heterocycles. The Morgan fingerprint density at radius 3 is 2.38 bits per heavy atom. The fourth-order valence-corrected chi connectivity index (χ4v) is 3.21. The summed E-state index contributed by atoms with van der Waals surface area (Å²) in [5, 5.41) is 13.0. The minimum absolute atomic E-state index is 0.0682. The number of carbonyl (C=O) groups is 1. The molecule has 0 radical (unpaired) electrons. The van der Waals surface area contributed by atoms with Gasteiger partial charge in [0.05, 0.1) is 0 Å². The second-order valence-corrected chi connectivity index (χ2v) is 6.04. The number of rotatable bonds is 5. The molecular formula is C20H16ClFO2. The van der Waals surface area contributed by atoms with Crippen molar-refractivity contribution >= 4 is 28.2 Å². The molecule has 0 aliphatic rings. The first-order chi connectivity index (χ1) is 11.6. The normalized spacial score (nSPS) is 13.6. The summed E-state index contributed by atoms with van der Waals surface area (Å²) in [5.41, 5.74) is -1.01. The zero-order chi connectivity index (χ0) is 17.2. The van der Waals surface area contributed by atoms with Crippen LogP contribution in [0, 0.1) is 5.82 Å². The molecule has 0 saturated carbocycles. The molecule has 1 atom stereocenters. The third-order valence-electron chi connectivity index (χ3n) is 4.17. The van der Waals surface area contributed by atoms with Crippen LogP contribution in [0.15, 0.2) is 66.7 Å². The number of Topliss-reactive ketones (excluding diaryl/α,β-unsaturated/α-hetero) is 1. The Morgan fingerprint density at radius 2 is 1.67 bits per heavy atom. The molecule has 3 aromatic carbocycles. The Kier molecular flexibility index (Phi) is 4.65. The second-order valence-electron chi connectivity index (χ2n) is 5.66. The quantitative estimate of drug-likeness (QED) is 0.540. The predicted octanol–water partition coefficient (Wildman–Crippen LogP) is 4.68. The summed E-state index contributed by atoms with van der Waals surface area (Å²) < 4.78 is 13.1. The molecule has 2 nitrogen and oxygen atoms in total. The van der Waals surface area contributed by atoms with E-state index >= 15 is 0 Å². The van der Waals surface area contributed by atoms with Crippen LogP contribution in [0.2, 0.25) is 0 Å². The van der Waals surface area contributed by atoms with Crippen molar-refractivity contribution in [3.63, 3.8) is 0 Å². The maximum absolute atomic E-state index is 13.1. The predicted molar refractivity (Wildman–Crippen MR) is 93.9 cm³/mol. The molecule has 4 heteroatoms. The van der Waals surface area contributed by atoms with Crippen LogP contribution in [-0.4, -0.2) is 16.8 Å². The molecule has 0 spiro atoms. The van der Waals surface area contributed by atoms with Crippen LogP contribution >= 0.6 is 11.6 Å². The van der Waals surface area contributed by atoms with E-state index in [0.29, 0.717) is 5.56 Å². The number of hydrogen-bond donors (Lipinski definition) is 1. The third kappa shape index (κ3) is 2.93. The van der Waals surface area contributed by atoms with Crippen molar-refractivity contribution in [3.05, 3.63) is 83.7 Å². The SMILES string of the molecule is O=C(c1ccc(F)cc1)C(O)(CCCl)c1cccc2ccccc12. The summed E-state index contributed by atoms with van der Waals surface area (Å²) in [7, 11) is 0. The fraction of sp³-hybridized carbons (Fsp3) is 0.150. The molecule has 0 heterocycles. The number of hydrogen-bond acceptors (Lipinski definition) is 2. The molecule has 122 valence electrons. The number of fused-ring (bicyclic) bond motifs is 1. The minimum Gasteiger partial charge on any atom is -0.377 e. The summed E-state index contributed by atoms with van der Waals surface area (Å²) in [6, 6.07) is 18.2. The summed E-state index contributed by atoms with van der Waals surface area (Å²) in [4.78, 5) is 13.0.